The summed E-state index contributed by atoms with van der Waals surface area (Å²) in [5.74, 6) is 0.204. The fourth-order valence-electron chi connectivity index (χ4n) is 3.53. The highest BCUT2D eigenvalue weighted by molar-refractivity contribution is 5.84. The molecule has 1 N–H and O–H groups in total. The monoisotopic (exact) mass is 283 g/mol. The van der Waals surface area contributed by atoms with E-state index in [1.807, 2.05) is 19.0 Å². The van der Waals surface area contributed by atoms with Gasteiger partial charge >= 0.3 is 0 Å². The molecule has 0 aliphatic carbocycles. The van der Waals surface area contributed by atoms with Crippen LogP contribution in [0.15, 0.2) is 0 Å². The van der Waals surface area contributed by atoms with E-state index in [4.69, 9.17) is 0 Å². The van der Waals surface area contributed by atoms with E-state index in [2.05, 4.69) is 41.1 Å². The number of hydrogen-bond donors (Lipinski definition) is 1. The van der Waals surface area contributed by atoms with Crippen LogP contribution in [0.5, 0.6) is 0 Å². The molecule has 0 aromatic rings. The van der Waals surface area contributed by atoms with Crippen LogP contribution < -0.4 is 5.32 Å². The largest absolute Gasteiger partial charge is 0.306 e. The van der Waals surface area contributed by atoms with Gasteiger partial charge in [0, 0.05) is 32.2 Å². The normalized spacial score (nSPS) is 32.8. The lowest BCUT2D eigenvalue weighted by atomic mass is 10.2. The molecular weight excluding hydrogens is 254 g/mol. The molecule has 0 spiro atoms. The van der Waals surface area contributed by atoms with Gasteiger partial charge in [-0.1, -0.05) is 6.92 Å². The van der Waals surface area contributed by atoms with Gasteiger partial charge in [0.25, 0.3) is 5.91 Å². The fraction of sp³-hybridized carbons (Fsp3) is 0.929. The highest BCUT2D eigenvalue weighted by Gasteiger charge is 2.48. The average Bonchev–Trinajstić information content (AvgIpc) is 3.00. The molecule has 2 aliphatic rings. The van der Waals surface area contributed by atoms with Gasteiger partial charge in [0.05, 0.1) is 0 Å². The van der Waals surface area contributed by atoms with Crippen LogP contribution >= 0.6 is 0 Å². The molecule has 20 heavy (non-hydrogen) atoms. The van der Waals surface area contributed by atoms with E-state index in [-0.39, 0.29) is 18.1 Å². The molecule has 0 aromatic carbocycles. The summed E-state index contributed by atoms with van der Waals surface area (Å²) in [6, 6.07) is 0.479. The Hall–Kier alpha value is -0.690. The van der Waals surface area contributed by atoms with Gasteiger partial charge < -0.3 is 10.2 Å². The van der Waals surface area contributed by atoms with Gasteiger partial charge in [-0.2, -0.15) is 5.01 Å². The third-order valence-corrected chi connectivity index (χ3v) is 4.67. The number of rotatable bonds is 5. The first-order valence-corrected chi connectivity index (χ1v) is 7.70. The van der Waals surface area contributed by atoms with Crippen LogP contribution in [0.3, 0.4) is 0 Å². The zero-order valence-corrected chi connectivity index (χ0v) is 13.5. The van der Waals surface area contributed by atoms with Crippen molar-refractivity contribution in [1.29, 1.82) is 0 Å². The molecule has 3 atom stereocenters. The number of carbonyl (C=O) groups excluding carboxylic acids is 1. The summed E-state index contributed by atoms with van der Waals surface area (Å²) in [5.41, 5.74) is 0. The van der Waals surface area contributed by atoms with Gasteiger partial charge in [-0.05, 0) is 34.5 Å². The van der Waals surface area contributed by atoms with E-state index in [9.17, 15) is 4.79 Å². The van der Waals surface area contributed by atoms with Crippen LogP contribution in [0.4, 0.5) is 0 Å². The van der Waals surface area contributed by atoms with Crippen molar-refractivity contribution in [2.24, 2.45) is 0 Å². The van der Waals surface area contributed by atoms with Crippen molar-refractivity contribution in [3.05, 3.63) is 0 Å². The van der Waals surface area contributed by atoms with Crippen LogP contribution in [0.25, 0.3) is 0 Å². The second-order valence-corrected chi connectivity index (χ2v) is 5.89. The molecule has 2 rings (SSSR count). The minimum Gasteiger partial charge on any atom is -0.306 e. The second kappa shape index (κ2) is 6.39. The highest BCUT2D eigenvalue weighted by Crippen LogP contribution is 2.27. The Kier molecular flexibility index (Phi) is 5.01. The molecule has 6 heteroatoms. The van der Waals surface area contributed by atoms with E-state index >= 15 is 0 Å². The Labute approximate surface area is 122 Å². The lowest BCUT2D eigenvalue weighted by molar-refractivity contribution is -0.140. The number of carbonyl (C=O) groups is 1. The number of hydrogen-bond acceptors (Lipinski definition) is 5. The molecule has 3 unspecified atom stereocenters. The molecule has 2 saturated heterocycles. The van der Waals surface area contributed by atoms with E-state index in [0.717, 1.165) is 26.2 Å². The van der Waals surface area contributed by atoms with E-state index in [1.54, 1.807) is 0 Å². The maximum atomic E-state index is 12.5. The lowest BCUT2D eigenvalue weighted by Crippen LogP contribution is -2.54. The van der Waals surface area contributed by atoms with Gasteiger partial charge in [0.2, 0.25) is 0 Å². The molecule has 1 amide bonds. The number of likely N-dealkylation sites (N-methyl/N-ethyl adjacent to an activating group) is 4. The van der Waals surface area contributed by atoms with Crippen molar-refractivity contribution < 1.29 is 4.79 Å². The zero-order valence-electron chi connectivity index (χ0n) is 13.5. The first-order chi connectivity index (χ1) is 9.54. The number of nitrogens with zero attached hydrogens (tertiary/aromatic N) is 4. The van der Waals surface area contributed by atoms with Crippen LogP contribution in [0.1, 0.15) is 20.3 Å². The molecule has 2 aliphatic heterocycles. The van der Waals surface area contributed by atoms with Crippen LogP contribution in [-0.2, 0) is 4.79 Å². The summed E-state index contributed by atoms with van der Waals surface area (Å²) in [7, 11) is 6.17. The van der Waals surface area contributed by atoms with E-state index in [0.29, 0.717) is 6.04 Å². The summed E-state index contributed by atoms with van der Waals surface area (Å²) in [5, 5.41) is 7.35. The van der Waals surface area contributed by atoms with Gasteiger partial charge in [-0.15, -0.1) is 0 Å². The van der Waals surface area contributed by atoms with Crippen molar-refractivity contribution in [2.45, 2.75) is 38.5 Å². The molecule has 6 nitrogen and oxygen atoms in total. The topological polar surface area (TPSA) is 42.1 Å². The fourth-order valence-corrected chi connectivity index (χ4v) is 3.53. The van der Waals surface area contributed by atoms with Crippen LogP contribution in [0.2, 0.25) is 0 Å². The third-order valence-electron chi connectivity index (χ3n) is 4.67. The molecule has 116 valence electrons. The summed E-state index contributed by atoms with van der Waals surface area (Å²) in [6.07, 6.45) is 1.33. The van der Waals surface area contributed by atoms with Crippen molar-refractivity contribution >= 4 is 5.91 Å². The predicted octanol–water partition coefficient (Wildman–Crippen LogP) is -0.365. The summed E-state index contributed by atoms with van der Waals surface area (Å²) >= 11 is 0. The highest BCUT2D eigenvalue weighted by atomic mass is 16.2. The van der Waals surface area contributed by atoms with Gasteiger partial charge in [-0.3, -0.25) is 14.7 Å². The molecule has 0 bridgehead atoms. The summed E-state index contributed by atoms with van der Waals surface area (Å²) in [6.45, 7) is 7.88. The Morgan fingerprint density at radius 3 is 2.45 bits per heavy atom. The number of hydrazine groups is 1. The first-order valence-electron chi connectivity index (χ1n) is 7.70. The predicted molar refractivity (Wildman–Crippen MR) is 80.1 cm³/mol. The van der Waals surface area contributed by atoms with Crippen LogP contribution in [0, 0.1) is 0 Å². The van der Waals surface area contributed by atoms with E-state index < -0.39 is 0 Å². The molecule has 0 saturated carbocycles. The Bertz CT molecular complexity index is 348. The number of nitrogens with one attached hydrogen (secondary N) is 1. The molecule has 0 radical (unpaired) electrons. The van der Waals surface area contributed by atoms with Gasteiger partial charge in [-0.25, -0.2) is 0 Å². The SMILES string of the molecule is CCN1C(=O)C(NC)C(N2CCC(N(C)C)C2)N1CC. The van der Waals surface area contributed by atoms with Crippen molar-refractivity contribution in [1.82, 2.24) is 25.1 Å². The smallest absolute Gasteiger partial charge is 0.257 e. The minimum absolute atomic E-state index is 0.115. The average molecular weight is 283 g/mol. The maximum absolute atomic E-state index is 12.5. The van der Waals surface area contributed by atoms with Crippen molar-refractivity contribution in [3.63, 3.8) is 0 Å². The summed E-state index contributed by atoms with van der Waals surface area (Å²) in [4.78, 5) is 17.3. The number of likely N-dealkylation sites (tertiary alicyclic amines) is 1. The first kappa shape index (κ1) is 15.7. The summed E-state index contributed by atoms with van der Waals surface area (Å²) < 4.78 is 0. The Morgan fingerprint density at radius 1 is 1.30 bits per heavy atom. The van der Waals surface area contributed by atoms with Crippen molar-refractivity contribution in [2.75, 3.05) is 47.3 Å². The van der Waals surface area contributed by atoms with Gasteiger partial charge in [0.15, 0.2) is 0 Å². The second-order valence-electron chi connectivity index (χ2n) is 5.89. The standard InChI is InChI=1S/C14H29N5O/c1-6-18-13(12(15-3)14(20)19(18)7-2)17-9-8-11(10-17)16(4)5/h11-13,15H,6-10H2,1-5H3. The Balaban J connectivity index is 2.17. The quantitative estimate of drug-likeness (QED) is 0.746. The maximum Gasteiger partial charge on any atom is 0.257 e. The minimum atomic E-state index is -0.115. The van der Waals surface area contributed by atoms with Gasteiger partial charge in [0.1, 0.15) is 12.2 Å². The number of amides is 1. The Morgan fingerprint density at radius 2 is 2.00 bits per heavy atom. The van der Waals surface area contributed by atoms with Crippen LogP contribution in [-0.4, -0.2) is 91.3 Å². The lowest BCUT2D eigenvalue weighted by Gasteiger charge is -2.36. The zero-order chi connectivity index (χ0) is 14.9. The van der Waals surface area contributed by atoms with Crippen molar-refractivity contribution in [3.8, 4) is 0 Å². The molecular formula is C14H29N5O. The third kappa shape index (κ3) is 2.57. The van der Waals surface area contributed by atoms with E-state index in [1.165, 1.54) is 6.42 Å². The molecule has 2 heterocycles. The molecule has 2 fully saturated rings. The molecule has 0 aromatic heterocycles.